The Hall–Kier alpha value is -3.10. The summed E-state index contributed by atoms with van der Waals surface area (Å²) in [5.74, 6) is -2.60. The number of alkyl halides is 2. The molecule has 0 spiro atoms. The van der Waals surface area contributed by atoms with Crippen molar-refractivity contribution in [2.24, 2.45) is 0 Å². The molecule has 1 atom stereocenters. The van der Waals surface area contributed by atoms with E-state index in [-0.39, 0.29) is 18.4 Å². The number of carbonyl (C=O) groups is 1. The van der Waals surface area contributed by atoms with Crippen LogP contribution in [0.2, 0.25) is 0 Å². The van der Waals surface area contributed by atoms with Gasteiger partial charge < -0.3 is 10.6 Å². The number of nitrogens with one attached hydrogen (secondary N) is 2. The molecule has 1 amide bonds. The zero-order valence-corrected chi connectivity index (χ0v) is 15.1. The molecule has 1 unspecified atom stereocenters. The van der Waals surface area contributed by atoms with Gasteiger partial charge in [0.2, 0.25) is 5.92 Å². The lowest BCUT2D eigenvalue weighted by Crippen LogP contribution is -2.42. The van der Waals surface area contributed by atoms with Crippen molar-refractivity contribution in [1.82, 2.24) is 24.9 Å². The van der Waals surface area contributed by atoms with Gasteiger partial charge in [0.05, 0.1) is 18.4 Å². The molecular weight excluding hydrogens is 366 g/mol. The van der Waals surface area contributed by atoms with Crippen LogP contribution in [-0.2, 0) is 6.54 Å². The Morgan fingerprint density at radius 2 is 2.21 bits per heavy atom. The maximum atomic E-state index is 13.6. The topological polar surface area (TPSA) is 84.2 Å². The van der Waals surface area contributed by atoms with Crippen LogP contribution in [0.5, 0.6) is 0 Å². The Bertz CT molecular complexity index is 975. The number of pyridine rings is 1. The summed E-state index contributed by atoms with van der Waals surface area (Å²) in [6.07, 6.45) is 5.29. The second kappa shape index (κ2) is 7.49. The van der Waals surface area contributed by atoms with Crippen LogP contribution in [0.4, 0.5) is 14.6 Å². The van der Waals surface area contributed by atoms with Crippen LogP contribution >= 0.6 is 0 Å². The van der Waals surface area contributed by atoms with Gasteiger partial charge in [-0.1, -0.05) is 6.07 Å². The molecule has 7 nitrogen and oxygen atoms in total. The molecule has 4 rings (SSSR count). The molecule has 0 aliphatic heterocycles. The highest BCUT2D eigenvalue weighted by Gasteiger charge is 2.37. The normalized spacial score (nSPS) is 18.7. The van der Waals surface area contributed by atoms with Gasteiger partial charge in [-0.25, -0.2) is 18.3 Å². The van der Waals surface area contributed by atoms with Crippen molar-refractivity contribution in [3.63, 3.8) is 0 Å². The Kier molecular flexibility index (Phi) is 4.89. The third-order valence-corrected chi connectivity index (χ3v) is 4.77. The predicted molar refractivity (Wildman–Crippen MR) is 99.2 cm³/mol. The largest absolute Gasteiger partial charge is 0.364 e. The van der Waals surface area contributed by atoms with E-state index in [2.05, 4.69) is 25.7 Å². The lowest BCUT2D eigenvalue weighted by Gasteiger charge is -2.29. The van der Waals surface area contributed by atoms with E-state index >= 15 is 0 Å². The number of anilines is 1. The molecule has 2 N–H and O–H groups in total. The van der Waals surface area contributed by atoms with E-state index in [4.69, 9.17) is 0 Å². The number of amides is 1. The third-order valence-electron chi connectivity index (χ3n) is 4.77. The van der Waals surface area contributed by atoms with E-state index in [0.29, 0.717) is 30.9 Å². The Labute approximate surface area is 160 Å². The predicted octanol–water partition coefficient (Wildman–Crippen LogP) is 3.04. The van der Waals surface area contributed by atoms with Crippen molar-refractivity contribution in [1.29, 1.82) is 0 Å². The molecule has 3 aromatic rings. The van der Waals surface area contributed by atoms with E-state index in [1.54, 1.807) is 18.5 Å². The average Bonchev–Trinajstić information content (AvgIpc) is 3.10. The number of aromatic nitrogens is 4. The summed E-state index contributed by atoms with van der Waals surface area (Å²) in [5, 5.41) is 9.99. The van der Waals surface area contributed by atoms with Gasteiger partial charge in [0, 0.05) is 31.3 Å². The van der Waals surface area contributed by atoms with Gasteiger partial charge in [-0.15, -0.1) is 0 Å². The second-order valence-electron chi connectivity index (χ2n) is 6.94. The number of hydrogen-bond donors (Lipinski definition) is 2. The quantitative estimate of drug-likeness (QED) is 0.704. The minimum Gasteiger partial charge on any atom is -0.364 e. The molecule has 28 heavy (non-hydrogen) atoms. The molecule has 1 saturated carbocycles. The molecule has 3 heterocycles. The average molecular weight is 386 g/mol. The SMILES string of the molecule is O=C(NC1CCCC(F)(F)C1)c1cnn2ccc(NCc3ccccn3)nc12. The van der Waals surface area contributed by atoms with Crippen LogP contribution in [0.25, 0.3) is 5.65 Å². The Balaban J connectivity index is 1.48. The van der Waals surface area contributed by atoms with Crippen LogP contribution < -0.4 is 10.6 Å². The standard InChI is InChI=1S/C19H20F2N6O/c20-19(21)7-3-5-13(10-19)25-18(28)15-12-24-27-9-6-16(26-17(15)27)23-11-14-4-1-2-8-22-14/h1-2,4,6,8-9,12-13H,3,5,7,10-11H2,(H,23,26)(H,25,28). The molecule has 0 bridgehead atoms. The fourth-order valence-corrected chi connectivity index (χ4v) is 3.37. The monoisotopic (exact) mass is 386 g/mol. The third kappa shape index (κ3) is 4.08. The summed E-state index contributed by atoms with van der Waals surface area (Å²) in [6.45, 7) is 0.483. The summed E-state index contributed by atoms with van der Waals surface area (Å²) in [5.41, 5.74) is 1.48. The Morgan fingerprint density at radius 3 is 3.00 bits per heavy atom. The molecule has 0 saturated heterocycles. The smallest absolute Gasteiger partial charge is 0.256 e. The molecule has 0 aromatic carbocycles. The first-order valence-electron chi connectivity index (χ1n) is 9.17. The molecule has 146 valence electrons. The summed E-state index contributed by atoms with van der Waals surface area (Å²) < 4.78 is 28.7. The van der Waals surface area contributed by atoms with E-state index < -0.39 is 17.9 Å². The zero-order valence-electron chi connectivity index (χ0n) is 15.1. The first kappa shape index (κ1) is 18.3. The Morgan fingerprint density at radius 1 is 1.32 bits per heavy atom. The highest BCUT2D eigenvalue weighted by molar-refractivity contribution is 5.99. The van der Waals surface area contributed by atoms with Gasteiger partial charge in [-0.3, -0.25) is 9.78 Å². The number of rotatable bonds is 5. The fraction of sp³-hybridized carbons (Fsp3) is 0.368. The van der Waals surface area contributed by atoms with E-state index in [0.717, 1.165) is 5.69 Å². The minimum atomic E-state index is -2.72. The zero-order chi connectivity index (χ0) is 19.6. The van der Waals surface area contributed by atoms with Crippen molar-refractivity contribution in [2.45, 2.75) is 44.2 Å². The molecule has 0 radical (unpaired) electrons. The highest BCUT2D eigenvalue weighted by Crippen LogP contribution is 2.33. The number of fused-ring (bicyclic) bond motifs is 1. The van der Waals surface area contributed by atoms with Crippen LogP contribution in [0.1, 0.15) is 41.7 Å². The molecular formula is C19H20F2N6O. The number of halogens is 2. The van der Waals surface area contributed by atoms with E-state index in [1.807, 2.05) is 18.2 Å². The molecule has 3 aromatic heterocycles. The van der Waals surface area contributed by atoms with Crippen molar-refractivity contribution in [3.05, 3.63) is 54.1 Å². The first-order valence-corrected chi connectivity index (χ1v) is 9.17. The van der Waals surface area contributed by atoms with Gasteiger partial charge in [0.1, 0.15) is 11.4 Å². The van der Waals surface area contributed by atoms with Crippen molar-refractivity contribution >= 4 is 17.4 Å². The number of nitrogens with zero attached hydrogens (tertiary/aromatic N) is 4. The van der Waals surface area contributed by atoms with E-state index in [9.17, 15) is 13.6 Å². The van der Waals surface area contributed by atoms with Gasteiger partial charge in [-0.05, 0) is 31.0 Å². The van der Waals surface area contributed by atoms with Crippen molar-refractivity contribution < 1.29 is 13.6 Å². The summed E-state index contributed by atoms with van der Waals surface area (Å²) in [4.78, 5) is 21.3. The number of hydrogen-bond acceptors (Lipinski definition) is 5. The maximum absolute atomic E-state index is 13.6. The van der Waals surface area contributed by atoms with Crippen LogP contribution in [0.15, 0.2) is 42.9 Å². The molecule has 1 aliphatic rings. The van der Waals surface area contributed by atoms with E-state index in [1.165, 1.54) is 10.7 Å². The van der Waals surface area contributed by atoms with Crippen molar-refractivity contribution in [3.8, 4) is 0 Å². The second-order valence-corrected chi connectivity index (χ2v) is 6.94. The van der Waals surface area contributed by atoms with Crippen molar-refractivity contribution in [2.75, 3.05) is 5.32 Å². The first-order chi connectivity index (χ1) is 13.5. The summed E-state index contributed by atoms with van der Waals surface area (Å²) >= 11 is 0. The van der Waals surface area contributed by atoms with Crippen LogP contribution in [0.3, 0.4) is 0 Å². The lowest BCUT2D eigenvalue weighted by molar-refractivity contribution is -0.0429. The summed E-state index contributed by atoms with van der Waals surface area (Å²) in [6, 6.07) is 6.83. The molecule has 9 heteroatoms. The fourth-order valence-electron chi connectivity index (χ4n) is 3.37. The van der Waals surface area contributed by atoms with Gasteiger partial charge in [0.15, 0.2) is 5.65 Å². The summed E-state index contributed by atoms with van der Waals surface area (Å²) in [7, 11) is 0. The number of carbonyl (C=O) groups excluding carboxylic acids is 1. The van der Waals surface area contributed by atoms with Gasteiger partial charge >= 0.3 is 0 Å². The maximum Gasteiger partial charge on any atom is 0.256 e. The van der Waals surface area contributed by atoms with Crippen LogP contribution in [0, 0.1) is 0 Å². The molecule has 1 fully saturated rings. The van der Waals surface area contributed by atoms with Gasteiger partial charge in [0.25, 0.3) is 5.91 Å². The van der Waals surface area contributed by atoms with Crippen LogP contribution in [-0.4, -0.2) is 37.5 Å². The molecule has 1 aliphatic carbocycles. The van der Waals surface area contributed by atoms with Gasteiger partial charge in [-0.2, -0.15) is 5.10 Å². The lowest BCUT2D eigenvalue weighted by atomic mass is 9.92. The highest BCUT2D eigenvalue weighted by atomic mass is 19.3. The minimum absolute atomic E-state index is 0.122.